The number of aryl methyl sites for hydroxylation is 1. The van der Waals surface area contributed by atoms with Crippen LogP contribution >= 0.6 is 11.3 Å². The molecule has 1 aliphatic carbocycles. The van der Waals surface area contributed by atoms with E-state index < -0.39 is 10.0 Å². The van der Waals surface area contributed by atoms with Crippen molar-refractivity contribution in [1.29, 1.82) is 0 Å². The normalized spacial score (nSPS) is 19.9. The minimum atomic E-state index is -3.70. The molecule has 2 aromatic rings. The fourth-order valence-corrected chi connectivity index (χ4v) is 7.12. The van der Waals surface area contributed by atoms with E-state index in [1.807, 2.05) is 13.0 Å². The van der Waals surface area contributed by atoms with E-state index in [4.69, 9.17) is 9.72 Å². The Morgan fingerprint density at radius 2 is 2.03 bits per heavy atom. The van der Waals surface area contributed by atoms with Crippen molar-refractivity contribution >= 4 is 26.5 Å². The molecular formula is C23H34N4O3S2. The summed E-state index contributed by atoms with van der Waals surface area (Å²) in [6.07, 6.45) is 8.76. The quantitative estimate of drug-likeness (QED) is 0.501. The Morgan fingerprint density at radius 3 is 2.75 bits per heavy atom. The Hall–Kier alpha value is -1.68. The van der Waals surface area contributed by atoms with Crippen LogP contribution in [0, 0.1) is 12.8 Å². The number of thiazole rings is 1. The fraction of sp³-hybridized carbons (Fsp3) is 0.609. The summed E-state index contributed by atoms with van der Waals surface area (Å²) in [5.74, 6) is 1.17. The SMILES string of the molecule is COc1ccc(-c2sc(NCCC3CCCCC3)nc2C)cc1S(=O)(=O)N[C@@H]1CCNC1. The van der Waals surface area contributed by atoms with Crippen LogP contribution in [-0.2, 0) is 10.0 Å². The smallest absolute Gasteiger partial charge is 0.244 e. The third kappa shape index (κ3) is 5.62. The minimum absolute atomic E-state index is 0.0986. The Labute approximate surface area is 195 Å². The molecule has 0 amide bonds. The minimum Gasteiger partial charge on any atom is -0.495 e. The molecule has 7 nitrogen and oxygen atoms in total. The summed E-state index contributed by atoms with van der Waals surface area (Å²) in [6, 6.07) is 5.24. The van der Waals surface area contributed by atoms with Crippen molar-refractivity contribution in [3.63, 3.8) is 0 Å². The number of aromatic nitrogens is 1. The van der Waals surface area contributed by atoms with Gasteiger partial charge < -0.3 is 15.4 Å². The number of ether oxygens (including phenoxy) is 1. The lowest BCUT2D eigenvalue weighted by Gasteiger charge is -2.21. The molecule has 176 valence electrons. The maximum atomic E-state index is 13.1. The van der Waals surface area contributed by atoms with Gasteiger partial charge in [0.15, 0.2) is 5.13 Å². The summed E-state index contributed by atoms with van der Waals surface area (Å²) < 4.78 is 34.4. The molecule has 1 atom stereocenters. The van der Waals surface area contributed by atoms with Crippen molar-refractivity contribution in [2.75, 3.05) is 32.1 Å². The zero-order valence-electron chi connectivity index (χ0n) is 18.9. The van der Waals surface area contributed by atoms with Gasteiger partial charge in [-0.25, -0.2) is 18.1 Å². The molecule has 0 radical (unpaired) electrons. The van der Waals surface area contributed by atoms with Gasteiger partial charge in [-0.05, 0) is 56.0 Å². The van der Waals surface area contributed by atoms with Gasteiger partial charge in [0.2, 0.25) is 10.0 Å². The van der Waals surface area contributed by atoms with Crippen LogP contribution in [0.25, 0.3) is 10.4 Å². The van der Waals surface area contributed by atoms with Crippen LogP contribution in [0.1, 0.15) is 50.6 Å². The number of sulfonamides is 1. The maximum absolute atomic E-state index is 13.1. The van der Waals surface area contributed by atoms with Gasteiger partial charge in [-0.15, -0.1) is 0 Å². The molecule has 2 heterocycles. The molecule has 9 heteroatoms. The number of anilines is 1. The second-order valence-electron chi connectivity index (χ2n) is 8.83. The topological polar surface area (TPSA) is 92.3 Å². The molecule has 2 fully saturated rings. The molecule has 1 aliphatic heterocycles. The molecule has 1 aromatic heterocycles. The summed E-state index contributed by atoms with van der Waals surface area (Å²) in [5.41, 5.74) is 1.74. The van der Waals surface area contributed by atoms with Gasteiger partial charge in [0.05, 0.1) is 17.7 Å². The number of benzene rings is 1. The van der Waals surface area contributed by atoms with E-state index in [1.165, 1.54) is 45.6 Å². The predicted molar refractivity (Wildman–Crippen MR) is 130 cm³/mol. The van der Waals surface area contributed by atoms with E-state index in [0.717, 1.165) is 46.7 Å². The van der Waals surface area contributed by atoms with Gasteiger partial charge in [-0.2, -0.15) is 0 Å². The van der Waals surface area contributed by atoms with Crippen LogP contribution in [0.4, 0.5) is 5.13 Å². The third-order valence-corrected chi connectivity index (χ3v) is 9.15. The van der Waals surface area contributed by atoms with E-state index in [-0.39, 0.29) is 10.9 Å². The average molecular weight is 479 g/mol. The Kier molecular flexibility index (Phi) is 7.70. The first-order valence-corrected chi connectivity index (χ1v) is 13.9. The van der Waals surface area contributed by atoms with Crippen LogP contribution in [0.5, 0.6) is 5.75 Å². The molecule has 0 unspecified atom stereocenters. The van der Waals surface area contributed by atoms with Gasteiger partial charge >= 0.3 is 0 Å². The summed E-state index contributed by atoms with van der Waals surface area (Å²) in [6.45, 7) is 4.36. The largest absolute Gasteiger partial charge is 0.495 e. The second kappa shape index (κ2) is 10.5. The maximum Gasteiger partial charge on any atom is 0.244 e. The first-order chi connectivity index (χ1) is 15.5. The Morgan fingerprint density at radius 1 is 1.22 bits per heavy atom. The third-order valence-electron chi connectivity index (χ3n) is 6.45. The van der Waals surface area contributed by atoms with Crippen molar-refractivity contribution < 1.29 is 13.2 Å². The molecule has 2 aliphatic rings. The van der Waals surface area contributed by atoms with Gasteiger partial charge in [0.25, 0.3) is 0 Å². The van der Waals surface area contributed by atoms with E-state index in [1.54, 1.807) is 23.5 Å². The molecule has 32 heavy (non-hydrogen) atoms. The molecule has 1 aromatic carbocycles. The molecule has 1 saturated carbocycles. The highest BCUT2D eigenvalue weighted by Crippen LogP contribution is 2.37. The molecule has 1 saturated heterocycles. The second-order valence-corrected chi connectivity index (χ2v) is 11.5. The van der Waals surface area contributed by atoms with Crippen LogP contribution in [0.3, 0.4) is 0 Å². The fourth-order valence-electron chi connectivity index (χ4n) is 4.66. The van der Waals surface area contributed by atoms with Gasteiger partial charge in [0.1, 0.15) is 10.6 Å². The highest BCUT2D eigenvalue weighted by Gasteiger charge is 2.26. The van der Waals surface area contributed by atoms with Gasteiger partial charge in [0, 0.05) is 19.1 Å². The number of hydrogen-bond acceptors (Lipinski definition) is 7. The Balaban J connectivity index is 1.50. The number of rotatable bonds is 9. The first-order valence-electron chi connectivity index (χ1n) is 11.6. The van der Waals surface area contributed by atoms with Crippen molar-refractivity contribution in [1.82, 2.24) is 15.0 Å². The monoisotopic (exact) mass is 478 g/mol. The number of hydrogen-bond donors (Lipinski definition) is 3. The highest BCUT2D eigenvalue weighted by atomic mass is 32.2. The van der Waals surface area contributed by atoms with Crippen LogP contribution < -0.4 is 20.1 Å². The lowest BCUT2D eigenvalue weighted by molar-refractivity contribution is 0.345. The van der Waals surface area contributed by atoms with E-state index >= 15 is 0 Å². The van der Waals surface area contributed by atoms with Gasteiger partial charge in [-0.1, -0.05) is 43.4 Å². The summed E-state index contributed by atoms with van der Waals surface area (Å²) >= 11 is 1.58. The van der Waals surface area contributed by atoms with Crippen LogP contribution in [0.2, 0.25) is 0 Å². The van der Waals surface area contributed by atoms with Crippen molar-refractivity contribution in [3.05, 3.63) is 23.9 Å². The van der Waals surface area contributed by atoms with Crippen LogP contribution in [0.15, 0.2) is 23.1 Å². The van der Waals surface area contributed by atoms with Gasteiger partial charge in [-0.3, -0.25) is 0 Å². The summed E-state index contributed by atoms with van der Waals surface area (Å²) in [4.78, 5) is 5.84. The van der Waals surface area contributed by atoms with E-state index in [9.17, 15) is 8.42 Å². The standard InChI is InChI=1S/C23H34N4O3S2/c1-16-22(31-23(26-16)25-13-10-17-6-4-3-5-7-17)18-8-9-20(30-2)21(14-18)32(28,29)27-19-11-12-24-15-19/h8-9,14,17,19,24,27H,3-7,10-13,15H2,1-2H3,(H,25,26)/t19-/m1/s1. The number of nitrogens with one attached hydrogen (secondary N) is 3. The summed E-state index contributed by atoms with van der Waals surface area (Å²) in [7, 11) is -2.20. The lowest BCUT2D eigenvalue weighted by Crippen LogP contribution is -2.36. The zero-order chi connectivity index (χ0) is 22.6. The van der Waals surface area contributed by atoms with Crippen molar-refractivity contribution in [2.45, 2.75) is 62.8 Å². The molecule has 0 bridgehead atoms. The van der Waals surface area contributed by atoms with Crippen LogP contribution in [-0.4, -0.2) is 46.2 Å². The Bertz CT molecular complexity index is 1010. The van der Waals surface area contributed by atoms with Crippen molar-refractivity contribution in [3.8, 4) is 16.2 Å². The highest BCUT2D eigenvalue weighted by molar-refractivity contribution is 7.89. The predicted octanol–water partition coefficient (Wildman–Crippen LogP) is 4.15. The molecular weight excluding hydrogens is 444 g/mol. The van der Waals surface area contributed by atoms with E-state index in [2.05, 4.69) is 15.4 Å². The molecule has 4 rings (SSSR count). The zero-order valence-corrected chi connectivity index (χ0v) is 20.6. The average Bonchev–Trinajstić information content (AvgIpc) is 3.43. The molecule has 0 spiro atoms. The van der Waals surface area contributed by atoms with E-state index in [0.29, 0.717) is 12.3 Å². The first kappa shape index (κ1) is 23.5. The number of nitrogens with zero attached hydrogens (tertiary/aromatic N) is 1. The molecule has 3 N–H and O–H groups in total. The van der Waals surface area contributed by atoms with Crippen molar-refractivity contribution in [2.24, 2.45) is 5.92 Å². The summed E-state index contributed by atoms with van der Waals surface area (Å²) in [5, 5.41) is 7.56. The number of methoxy groups -OCH3 is 1. The lowest BCUT2D eigenvalue weighted by atomic mass is 9.87.